The number of amides is 3. The summed E-state index contributed by atoms with van der Waals surface area (Å²) >= 11 is 0. The number of anilines is 2. The van der Waals surface area contributed by atoms with Crippen molar-refractivity contribution in [3.05, 3.63) is 64.0 Å². The van der Waals surface area contributed by atoms with E-state index in [0.29, 0.717) is 36.6 Å². The Kier molecular flexibility index (Phi) is 9.28. The standard InChI is InChI=1S/C27H39N7O6Si/c1-27(2,3)41(7,8)40-11-9-10-28-24(35)21-12-18(15-31(21)4)29-25(36)22-13-19(16-32(22)5)30-26(37)23-14-20(34(38)39)17-33(23)6/h12-17H,9-11H2,1-8H3,(H,28,35)(H,29,36)(H,30,37). The first-order valence-electron chi connectivity index (χ1n) is 13.2. The van der Waals surface area contributed by atoms with Gasteiger partial charge in [-0.25, -0.2) is 0 Å². The van der Waals surface area contributed by atoms with Crippen LogP contribution in [0.1, 0.15) is 58.7 Å². The summed E-state index contributed by atoms with van der Waals surface area (Å²) in [4.78, 5) is 48.8. The van der Waals surface area contributed by atoms with E-state index in [1.807, 2.05) is 0 Å². The Labute approximate surface area is 240 Å². The molecule has 13 nitrogen and oxygen atoms in total. The van der Waals surface area contributed by atoms with Gasteiger partial charge in [-0.3, -0.25) is 24.5 Å². The normalized spacial score (nSPS) is 11.8. The number of carbonyl (C=O) groups excluding carboxylic acids is 3. The fourth-order valence-corrected chi connectivity index (χ4v) is 4.98. The lowest BCUT2D eigenvalue weighted by Gasteiger charge is -2.36. The number of nitro groups is 1. The van der Waals surface area contributed by atoms with E-state index in [4.69, 9.17) is 4.43 Å². The molecule has 0 aliphatic heterocycles. The summed E-state index contributed by atoms with van der Waals surface area (Å²) in [5.74, 6) is -1.25. The first-order chi connectivity index (χ1) is 19.0. The van der Waals surface area contributed by atoms with E-state index in [-0.39, 0.29) is 28.0 Å². The summed E-state index contributed by atoms with van der Waals surface area (Å²) < 4.78 is 10.7. The lowest BCUT2D eigenvalue weighted by molar-refractivity contribution is -0.384. The number of nitrogens with zero attached hydrogens (tertiary/aromatic N) is 4. The van der Waals surface area contributed by atoms with Crippen molar-refractivity contribution in [1.82, 2.24) is 19.0 Å². The van der Waals surface area contributed by atoms with Crippen LogP contribution in [-0.4, -0.2) is 57.8 Å². The molecule has 0 aromatic carbocycles. The minimum atomic E-state index is -1.83. The van der Waals surface area contributed by atoms with Gasteiger partial charge in [-0.2, -0.15) is 0 Å². The van der Waals surface area contributed by atoms with Gasteiger partial charge in [0, 0.05) is 52.8 Å². The molecule has 0 unspecified atom stereocenters. The highest BCUT2D eigenvalue weighted by Gasteiger charge is 2.36. The van der Waals surface area contributed by atoms with Crippen molar-refractivity contribution < 1.29 is 23.7 Å². The van der Waals surface area contributed by atoms with E-state index in [0.717, 1.165) is 0 Å². The molecule has 3 heterocycles. The van der Waals surface area contributed by atoms with Crippen LogP contribution in [0.5, 0.6) is 0 Å². The molecule has 222 valence electrons. The third kappa shape index (κ3) is 7.52. The van der Waals surface area contributed by atoms with Gasteiger partial charge in [0.05, 0.1) is 22.5 Å². The Morgan fingerprint density at radius 1 is 0.854 bits per heavy atom. The van der Waals surface area contributed by atoms with Gasteiger partial charge in [0.2, 0.25) is 0 Å². The van der Waals surface area contributed by atoms with Crippen LogP contribution in [0.25, 0.3) is 0 Å². The summed E-state index contributed by atoms with van der Waals surface area (Å²) in [7, 11) is 3.07. The average Bonchev–Trinajstić information content (AvgIpc) is 3.54. The molecule has 0 saturated heterocycles. The first-order valence-corrected chi connectivity index (χ1v) is 16.1. The van der Waals surface area contributed by atoms with Gasteiger partial charge in [-0.05, 0) is 36.7 Å². The SMILES string of the molecule is Cn1cc(NC(=O)c2cc(NC(=O)c3cc([N+](=O)[O-])cn3C)cn2C)cc1C(=O)NCCCO[Si](C)(C)C(C)(C)C. The fraction of sp³-hybridized carbons (Fsp3) is 0.444. The molecule has 0 aliphatic rings. The maximum atomic E-state index is 13.0. The highest BCUT2D eigenvalue weighted by atomic mass is 28.4. The van der Waals surface area contributed by atoms with Crippen molar-refractivity contribution >= 4 is 43.1 Å². The number of hydrogen-bond donors (Lipinski definition) is 3. The summed E-state index contributed by atoms with van der Waals surface area (Å²) in [5.41, 5.74) is 1.34. The van der Waals surface area contributed by atoms with Gasteiger partial charge in [0.1, 0.15) is 17.1 Å². The number of aromatic nitrogens is 3. The van der Waals surface area contributed by atoms with Crippen molar-refractivity contribution in [2.24, 2.45) is 21.1 Å². The second-order valence-electron chi connectivity index (χ2n) is 11.5. The van der Waals surface area contributed by atoms with E-state index >= 15 is 0 Å². The number of nitrogens with one attached hydrogen (secondary N) is 3. The maximum absolute atomic E-state index is 13.0. The molecule has 3 aromatic rings. The fourth-order valence-electron chi connectivity index (χ4n) is 3.89. The van der Waals surface area contributed by atoms with Crippen molar-refractivity contribution in [2.75, 3.05) is 23.8 Å². The zero-order valence-electron chi connectivity index (χ0n) is 24.8. The third-order valence-corrected chi connectivity index (χ3v) is 11.8. The quantitative estimate of drug-likeness (QED) is 0.132. The van der Waals surface area contributed by atoms with Crippen molar-refractivity contribution in [1.29, 1.82) is 0 Å². The molecule has 3 amide bonds. The van der Waals surface area contributed by atoms with Crippen LogP contribution in [0.2, 0.25) is 18.1 Å². The van der Waals surface area contributed by atoms with Crippen LogP contribution < -0.4 is 16.0 Å². The number of carbonyl (C=O) groups is 3. The van der Waals surface area contributed by atoms with Gasteiger partial charge in [-0.1, -0.05) is 20.8 Å². The van der Waals surface area contributed by atoms with Gasteiger partial charge >= 0.3 is 0 Å². The van der Waals surface area contributed by atoms with E-state index in [1.165, 1.54) is 29.9 Å². The summed E-state index contributed by atoms with van der Waals surface area (Å²) in [6.45, 7) is 12.0. The molecule has 3 rings (SSSR count). The summed E-state index contributed by atoms with van der Waals surface area (Å²) in [6, 6.07) is 4.26. The van der Waals surface area contributed by atoms with Crippen molar-refractivity contribution in [2.45, 2.75) is 45.3 Å². The minimum absolute atomic E-state index is 0.102. The van der Waals surface area contributed by atoms with E-state index in [2.05, 4.69) is 49.8 Å². The van der Waals surface area contributed by atoms with Gasteiger partial charge in [-0.15, -0.1) is 0 Å². The van der Waals surface area contributed by atoms with E-state index in [9.17, 15) is 24.5 Å². The lowest BCUT2D eigenvalue weighted by atomic mass is 10.2. The molecular formula is C27H39N7O6Si. The predicted molar refractivity (Wildman–Crippen MR) is 159 cm³/mol. The van der Waals surface area contributed by atoms with Gasteiger partial charge in [0.15, 0.2) is 8.32 Å². The Morgan fingerprint density at radius 2 is 1.32 bits per heavy atom. The monoisotopic (exact) mass is 585 g/mol. The summed E-state index contributed by atoms with van der Waals surface area (Å²) in [6.07, 6.45) is 5.14. The minimum Gasteiger partial charge on any atom is -0.417 e. The van der Waals surface area contributed by atoms with Gasteiger partial charge < -0.3 is 34.1 Å². The Hall–Kier alpha value is -4.17. The van der Waals surface area contributed by atoms with E-state index in [1.54, 1.807) is 41.7 Å². The Balaban J connectivity index is 1.57. The zero-order chi connectivity index (χ0) is 30.7. The van der Waals surface area contributed by atoms with E-state index < -0.39 is 25.1 Å². The lowest BCUT2D eigenvalue weighted by Crippen LogP contribution is -2.41. The van der Waals surface area contributed by atoms with Crippen LogP contribution in [0.3, 0.4) is 0 Å². The molecular weight excluding hydrogens is 546 g/mol. The molecule has 0 bridgehead atoms. The van der Waals surface area contributed by atoms with Crippen LogP contribution in [-0.2, 0) is 25.6 Å². The van der Waals surface area contributed by atoms with Crippen LogP contribution in [0, 0.1) is 10.1 Å². The first kappa shape index (κ1) is 31.4. The highest BCUT2D eigenvalue weighted by molar-refractivity contribution is 6.74. The molecule has 0 aliphatic carbocycles. The molecule has 41 heavy (non-hydrogen) atoms. The molecule has 3 N–H and O–H groups in total. The predicted octanol–water partition coefficient (Wildman–Crippen LogP) is 4.26. The third-order valence-electron chi connectivity index (χ3n) is 7.30. The maximum Gasteiger partial charge on any atom is 0.287 e. The smallest absolute Gasteiger partial charge is 0.287 e. The number of rotatable bonds is 11. The van der Waals surface area contributed by atoms with Crippen LogP contribution in [0.15, 0.2) is 36.8 Å². The summed E-state index contributed by atoms with van der Waals surface area (Å²) in [5, 5.41) is 19.5. The second kappa shape index (κ2) is 12.1. The van der Waals surface area contributed by atoms with Crippen LogP contribution in [0.4, 0.5) is 17.1 Å². The Bertz CT molecular complexity index is 1460. The molecule has 0 atom stereocenters. The molecule has 0 fully saturated rings. The molecule has 0 radical (unpaired) electrons. The average molecular weight is 586 g/mol. The van der Waals surface area contributed by atoms with Crippen molar-refractivity contribution in [3.8, 4) is 0 Å². The molecule has 0 spiro atoms. The largest absolute Gasteiger partial charge is 0.417 e. The molecule has 0 saturated carbocycles. The molecule has 14 heteroatoms. The Morgan fingerprint density at radius 3 is 1.78 bits per heavy atom. The van der Waals surface area contributed by atoms with Crippen LogP contribution >= 0.6 is 0 Å². The number of aryl methyl sites for hydroxylation is 3. The van der Waals surface area contributed by atoms with Crippen molar-refractivity contribution in [3.63, 3.8) is 0 Å². The highest BCUT2D eigenvalue weighted by Crippen LogP contribution is 2.36. The topological polar surface area (TPSA) is 154 Å². The zero-order valence-corrected chi connectivity index (χ0v) is 25.8. The number of hydrogen-bond acceptors (Lipinski definition) is 6. The van der Waals surface area contributed by atoms with Gasteiger partial charge in [0.25, 0.3) is 23.4 Å². The second-order valence-corrected chi connectivity index (χ2v) is 16.3. The molecule has 3 aromatic heterocycles.